The van der Waals surface area contributed by atoms with E-state index < -0.39 is 17.4 Å². The minimum absolute atomic E-state index is 0.233. The third-order valence-electron chi connectivity index (χ3n) is 5.55. The van der Waals surface area contributed by atoms with Crippen LogP contribution in [0.25, 0.3) is 0 Å². The predicted octanol–water partition coefficient (Wildman–Crippen LogP) is 5.29. The summed E-state index contributed by atoms with van der Waals surface area (Å²) in [6.45, 7) is 6.05. The van der Waals surface area contributed by atoms with Crippen molar-refractivity contribution in [3.8, 4) is 11.5 Å². The second-order valence-electron chi connectivity index (χ2n) is 8.85. The molecule has 0 aliphatic carbocycles. The zero-order valence-corrected chi connectivity index (χ0v) is 18.6. The summed E-state index contributed by atoms with van der Waals surface area (Å²) < 4.78 is 11.5. The molecule has 0 aromatic heterocycles. The van der Waals surface area contributed by atoms with Crippen LogP contribution in [0.4, 0.5) is 0 Å². The van der Waals surface area contributed by atoms with Gasteiger partial charge in [0.15, 0.2) is 6.61 Å². The smallest absolute Gasteiger partial charge is 0.318 e. The Morgan fingerprint density at radius 1 is 0.844 bits per heavy atom. The molecule has 0 fully saturated rings. The van der Waals surface area contributed by atoms with Gasteiger partial charge in [-0.25, -0.2) is 0 Å². The van der Waals surface area contributed by atoms with Crippen molar-refractivity contribution in [2.24, 2.45) is 0 Å². The minimum Gasteiger partial charge on any atom is -0.457 e. The summed E-state index contributed by atoms with van der Waals surface area (Å²) >= 11 is 0. The van der Waals surface area contributed by atoms with Gasteiger partial charge in [0, 0.05) is 23.2 Å². The average molecular weight is 430 g/mol. The van der Waals surface area contributed by atoms with Gasteiger partial charge < -0.3 is 14.4 Å². The van der Waals surface area contributed by atoms with Gasteiger partial charge in [-0.1, -0.05) is 66.7 Å². The van der Waals surface area contributed by atoms with Crippen molar-refractivity contribution >= 4 is 11.9 Å². The number of ether oxygens (including phenoxy) is 2. The second-order valence-corrected chi connectivity index (χ2v) is 8.85. The van der Waals surface area contributed by atoms with E-state index in [9.17, 15) is 9.59 Å². The summed E-state index contributed by atoms with van der Waals surface area (Å²) in [5.74, 6) is -0.0839. The molecular weight excluding hydrogens is 402 g/mol. The molecule has 0 atom stereocenters. The number of para-hydroxylation sites is 2. The fraction of sp³-hybridized carbons (Fsp3) is 0.259. The van der Waals surface area contributed by atoms with Crippen molar-refractivity contribution in [2.45, 2.75) is 38.8 Å². The van der Waals surface area contributed by atoms with Gasteiger partial charge in [0.2, 0.25) is 0 Å². The van der Waals surface area contributed by atoms with E-state index in [4.69, 9.17) is 9.47 Å². The number of esters is 1. The highest BCUT2D eigenvalue weighted by Crippen LogP contribution is 2.44. The number of amides is 1. The number of benzene rings is 3. The van der Waals surface area contributed by atoms with Crippen molar-refractivity contribution in [1.82, 2.24) is 4.90 Å². The number of fused-ring (bicyclic) bond motifs is 2. The SMILES string of the molecule is CC(C)(C)N(Cc1ccccc1)C(=O)COC(=O)C1c2ccccc2Oc2ccccc21. The van der Waals surface area contributed by atoms with Gasteiger partial charge in [0.05, 0.1) is 0 Å². The molecule has 1 aliphatic heterocycles. The lowest BCUT2D eigenvalue weighted by Gasteiger charge is -2.36. The Morgan fingerprint density at radius 2 is 1.38 bits per heavy atom. The molecule has 5 nitrogen and oxygen atoms in total. The lowest BCUT2D eigenvalue weighted by Crippen LogP contribution is -2.47. The van der Waals surface area contributed by atoms with Crippen molar-refractivity contribution in [1.29, 1.82) is 0 Å². The van der Waals surface area contributed by atoms with E-state index in [2.05, 4.69) is 0 Å². The summed E-state index contributed by atoms with van der Waals surface area (Å²) in [5, 5.41) is 0. The summed E-state index contributed by atoms with van der Waals surface area (Å²) in [4.78, 5) is 28.0. The van der Waals surface area contributed by atoms with Crippen LogP contribution >= 0.6 is 0 Å². The highest BCUT2D eigenvalue weighted by atomic mass is 16.5. The van der Waals surface area contributed by atoms with Gasteiger partial charge in [-0.05, 0) is 38.5 Å². The Labute approximate surface area is 188 Å². The van der Waals surface area contributed by atoms with Crippen LogP contribution in [0.15, 0.2) is 78.9 Å². The Kier molecular flexibility index (Phi) is 5.99. The molecule has 3 aromatic carbocycles. The normalized spacial score (nSPS) is 12.8. The highest BCUT2D eigenvalue weighted by Gasteiger charge is 2.35. The monoisotopic (exact) mass is 429 g/mol. The molecule has 3 aromatic rings. The van der Waals surface area contributed by atoms with E-state index in [0.717, 1.165) is 16.7 Å². The summed E-state index contributed by atoms with van der Waals surface area (Å²) in [6.07, 6.45) is 0. The van der Waals surface area contributed by atoms with Crippen molar-refractivity contribution in [2.75, 3.05) is 6.61 Å². The second kappa shape index (κ2) is 8.87. The number of carbonyl (C=O) groups is 2. The maximum absolute atomic E-state index is 13.2. The third-order valence-corrected chi connectivity index (χ3v) is 5.55. The number of carbonyl (C=O) groups excluding carboxylic acids is 2. The van der Waals surface area contributed by atoms with Gasteiger partial charge in [0.25, 0.3) is 5.91 Å². The Hall–Kier alpha value is -3.60. The maximum atomic E-state index is 13.2. The van der Waals surface area contributed by atoms with Crippen LogP contribution in [0.2, 0.25) is 0 Å². The quantitative estimate of drug-likeness (QED) is 0.517. The highest BCUT2D eigenvalue weighted by molar-refractivity contribution is 5.88. The van der Waals surface area contributed by atoms with Crippen molar-refractivity contribution in [3.63, 3.8) is 0 Å². The zero-order valence-electron chi connectivity index (χ0n) is 18.6. The summed E-state index contributed by atoms with van der Waals surface area (Å²) in [6, 6.07) is 24.6. The summed E-state index contributed by atoms with van der Waals surface area (Å²) in [5.41, 5.74) is 2.08. The average Bonchev–Trinajstić information content (AvgIpc) is 2.79. The minimum atomic E-state index is -0.638. The molecule has 0 bridgehead atoms. The molecule has 4 rings (SSSR count). The first kappa shape index (κ1) is 21.6. The predicted molar refractivity (Wildman–Crippen MR) is 123 cm³/mol. The van der Waals surface area contributed by atoms with Crippen LogP contribution in [0.5, 0.6) is 11.5 Å². The first-order chi connectivity index (χ1) is 15.3. The molecule has 5 heteroatoms. The Bertz CT molecular complexity index is 1070. The van der Waals surface area contributed by atoms with Crippen molar-refractivity contribution < 1.29 is 19.1 Å². The molecule has 1 aliphatic rings. The molecule has 164 valence electrons. The van der Waals surface area contributed by atoms with E-state index in [1.165, 1.54) is 0 Å². The number of hydrogen-bond donors (Lipinski definition) is 0. The van der Waals surface area contributed by atoms with Crippen LogP contribution in [-0.2, 0) is 20.9 Å². The standard InChI is InChI=1S/C27H27NO4/c1-27(2,3)28(17-19-11-5-4-6-12-19)24(29)18-31-26(30)25-20-13-7-9-15-22(20)32-23-16-10-8-14-21(23)25/h4-16,25H,17-18H2,1-3H3. The number of hydrogen-bond acceptors (Lipinski definition) is 4. The van der Waals surface area contributed by atoms with Gasteiger partial charge in [-0.15, -0.1) is 0 Å². The zero-order chi connectivity index (χ0) is 22.7. The van der Waals surface area contributed by atoms with Crippen LogP contribution < -0.4 is 4.74 Å². The van der Waals surface area contributed by atoms with Gasteiger partial charge in [-0.2, -0.15) is 0 Å². The summed E-state index contributed by atoms with van der Waals surface area (Å²) in [7, 11) is 0. The van der Waals surface area contributed by atoms with Gasteiger partial charge >= 0.3 is 5.97 Å². The molecule has 1 amide bonds. The lowest BCUT2D eigenvalue weighted by molar-refractivity contribution is -0.155. The third kappa shape index (κ3) is 4.52. The van der Waals surface area contributed by atoms with E-state index >= 15 is 0 Å². The van der Waals surface area contributed by atoms with Crippen LogP contribution in [-0.4, -0.2) is 28.9 Å². The Balaban J connectivity index is 1.52. The molecule has 0 N–H and O–H groups in total. The maximum Gasteiger partial charge on any atom is 0.318 e. The fourth-order valence-electron chi connectivity index (χ4n) is 3.92. The van der Waals surface area contributed by atoms with Crippen LogP contribution in [0.1, 0.15) is 43.4 Å². The Morgan fingerprint density at radius 3 is 1.94 bits per heavy atom. The first-order valence-corrected chi connectivity index (χ1v) is 10.7. The number of rotatable bonds is 5. The van der Waals surface area contributed by atoms with Crippen molar-refractivity contribution in [3.05, 3.63) is 95.6 Å². The molecular formula is C27H27NO4. The molecule has 1 heterocycles. The van der Waals surface area contributed by atoms with E-state index in [0.29, 0.717) is 18.0 Å². The molecule has 0 spiro atoms. The van der Waals surface area contributed by atoms with Crippen LogP contribution in [0.3, 0.4) is 0 Å². The molecule has 0 radical (unpaired) electrons. The van der Waals surface area contributed by atoms with E-state index in [-0.39, 0.29) is 12.5 Å². The van der Waals surface area contributed by atoms with E-state index in [1.807, 2.05) is 99.6 Å². The van der Waals surface area contributed by atoms with E-state index in [1.54, 1.807) is 4.90 Å². The topological polar surface area (TPSA) is 55.8 Å². The lowest BCUT2D eigenvalue weighted by atomic mass is 9.88. The molecule has 0 saturated heterocycles. The van der Waals surface area contributed by atoms with Crippen LogP contribution in [0, 0.1) is 0 Å². The largest absolute Gasteiger partial charge is 0.457 e. The molecule has 0 saturated carbocycles. The van der Waals surface area contributed by atoms with Gasteiger partial charge in [-0.3, -0.25) is 9.59 Å². The first-order valence-electron chi connectivity index (χ1n) is 10.7. The molecule has 0 unspecified atom stereocenters. The number of nitrogens with zero attached hydrogens (tertiary/aromatic N) is 1. The fourth-order valence-corrected chi connectivity index (χ4v) is 3.92. The molecule has 32 heavy (non-hydrogen) atoms. The van der Waals surface area contributed by atoms with Gasteiger partial charge in [0.1, 0.15) is 17.4 Å².